The molecule has 5 nitrogen and oxygen atoms in total. The van der Waals surface area contributed by atoms with Crippen LogP contribution >= 0.6 is 0 Å². The Labute approximate surface area is 140 Å². The van der Waals surface area contributed by atoms with Gasteiger partial charge in [-0.3, -0.25) is 4.90 Å². The number of alkyl halides is 3. The van der Waals surface area contributed by atoms with Gasteiger partial charge in [0, 0.05) is 45.0 Å². The highest BCUT2D eigenvalue weighted by molar-refractivity contribution is 5.33. The lowest BCUT2D eigenvalue weighted by molar-refractivity contribution is -0.141. The van der Waals surface area contributed by atoms with Crippen LogP contribution in [-0.2, 0) is 6.18 Å². The number of likely N-dealkylation sites (tertiary alicyclic amines) is 1. The van der Waals surface area contributed by atoms with Crippen molar-refractivity contribution in [1.29, 1.82) is 0 Å². The van der Waals surface area contributed by atoms with E-state index in [2.05, 4.69) is 26.8 Å². The fraction of sp³-hybridized carbons (Fsp3) is 0.750. The zero-order chi connectivity index (χ0) is 17.3. The summed E-state index contributed by atoms with van der Waals surface area (Å²) in [6.07, 6.45) is -3.20. The summed E-state index contributed by atoms with van der Waals surface area (Å²) >= 11 is 0. The molecule has 2 saturated heterocycles. The van der Waals surface area contributed by atoms with E-state index in [0.717, 1.165) is 38.8 Å². The number of hydrogen-bond acceptors (Lipinski definition) is 5. The number of hydrogen-bond donors (Lipinski definition) is 0. The predicted octanol–water partition coefficient (Wildman–Crippen LogP) is 1.88. The standard InChI is InChI=1S/C16H24F3N5/c1-12-9-14(16(17,18)19)21-15(20-12)24-7-5-23(6-8-24)11-13-3-4-22(2)10-13/h9,13H,3-8,10-11H2,1-2H3. The van der Waals surface area contributed by atoms with E-state index >= 15 is 0 Å². The second kappa shape index (κ2) is 6.84. The van der Waals surface area contributed by atoms with Crippen molar-refractivity contribution in [3.05, 3.63) is 17.5 Å². The average molecular weight is 343 g/mol. The van der Waals surface area contributed by atoms with Crippen molar-refractivity contribution in [2.24, 2.45) is 5.92 Å². The largest absolute Gasteiger partial charge is 0.433 e. The molecule has 3 rings (SSSR count). The van der Waals surface area contributed by atoms with E-state index in [1.54, 1.807) is 6.92 Å². The van der Waals surface area contributed by atoms with Crippen molar-refractivity contribution in [3.8, 4) is 0 Å². The summed E-state index contributed by atoms with van der Waals surface area (Å²) in [5, 5.41) is 0. The van der Waals surface area contributed by atoms with Crippen LogP contribution in [-0.4, -0.2) is 72.6 Å². The summed E-state index contributed by atoms with van der Waals surface area (Å²) in [5.41, 5.74) is -0.509. The Kier molecular flexibility index (Phi) is 4.96. The Bertz CT molecular complexity index is 569. The maximum atomic E-state index is 12.9. The summed E-state index contributed by atoms with van der Waals surface area (Å²) < 4.78 is 38.7. The molecule has 134 valence electrons. The summed E-state index contributed by atoms with van der Waals surface area (Å²) in [5.74, 6) is 0.899. The van der Waals surface area contributed by atoms with E-state index < -0.39 is 11.9 Å². The third kappa shape index (κ3) is 4.16. The molecule has 2 aliphatic rings. The predicted molar refractivity (Wildman–Crippen MR) is 86.0 cm³/mol. The molecule has 0 aliphatic carbocycles. The first kappa shape index (κ1) is 17.4. The van der Waals surface area contributed by atoms with Crippen molar-refractivity contribution < 1.29 is 13.2 Å². The molecule has 2 aliphatic heterocycles. The number of aryl methyl sites for hydroxylation is 1. The van der Waals surface area contributed by atoms with E-state index in [-0.39, 0.29) is 5.95 Å². The summed E-state index contributed by atoms with van der Waals surface area (Å²) in [6.45, 7) is 7.97. The van der Waals surface area contributed by atoms with Crippen LogP contribution in [0, 0.1) is 12.8 Å². The Morgan fingerprint density at radius 2 is 1.83 bits per heavy atom. The lowest BCUT2D eigenvalue weighted by atomic mass is 10.1. The lowest BCUT2D eigenvalue weighted by Gasteiger charge is -2.36. The van der Waals surface area contributed by atoms with Gasteiger partial charge >= 0.3 is 6.18 Å². The third-order valence-electron chi connectivity index (χ3n) is 4.79. The number of anilines is 1. The molecule has 0 aromatic carbocycles. The van der Waals surface area contributed by atoms with Gasteiger partial charge in [0.25, 0.3) is 0 Å². The lowest BCUT2D eigenvalue weighted by Crippen LogP contribution is -2.48. The summed E-state index contributed by atoms with van der Waals surface area (Å²) in [6, 6.07) is 0.996. The van der Waals surface area contributed by atoms with Gasteiger partial charge in [-0.1, -0.05) is 0 Å². The fourth-order valence-electron chi connectivity index (χ4n) is 3.51. The highest BCUT2D eigenvalue weighted by Gasteiger charge is 2.34. The molecule has 24 heavy (non-hydrogen) atoms. The minimum atomic E-state index is -4.43. The molecule has 2 fully saturated rings. The minimum absolute atomic E-state index is 0.197. The third-order valence-corrected chi connectivity index (χ3v) is 4.79. The summed E-state index contributed by atoms with van der Waals surface area (Å²) in [7, 11) is 2.14. The van der Waals surface area contributed by atoms with E-state index in [1.807, 2.05) is 4.90 Å². The Hall–Kier alpha value is -1.41. The van der Waals surface area contributed by atoms with E-state index in [9.17, 15) is 13.2 Å². The van der Waals surface area contributed by atoms with Crippen molar-refractivity contribution >= 4 is 5.95 Å². The fourth-order valence-corrected chi connectivity index (χ4v) is 3.51. The van der Waals surface area contributed by atoms with Gasteiger partial charge in [0.2, 0.25) is 5.95 Å². The van der Waals surface area contributed by atoms with Crippen LogP contribution in [0.3, 0.4) is 0 Å². The van der Waals surface area contributed by atoms with Crippen LogP contribution in [0.15, 0.2) is 6.07 Å². The second-order valence-electron chi connectivity index (χ2n) is 6.90. The van der Waals surface area contributed by atoms with Crippen LogP contribution in [0.1, 0.15) is 17.8 Å². The number of aromatic nitrogens is 2. The maximum Gasteiger partial charge on any atom is 0.433 e. The number of rotatable bonds is 3. The van der Waals surface area contributed by atoms with Gasteiger partial charge in [-0.05, 0) is 38.9 Å². The van der Waals surface area contributed by atoms with E-state index in [1.165, 1.54) is 6.42 Å². The second-order valence-corrected chi connectivity index (χ2v) is 6.90. The molecular formula is C16H24F3N5. The molecule has 1 aromatic heterocycles. The Morgan fingerprint density at radius 3 is 2.42 bits per heavy atom. The highest BCUT2D eigenvalue weighted by atomic mass is 19.4. The van der Waals surface area contributed by atoms with Crippen molar-refractivity contribution in [2.45, 2.75) is 19.5 Å². The Balaban J connectivity index is 1.59. The van der Waals surface area contributed by atoms with Crippen molar-refractivity contribution in [3.63, 3.8) is 0 Å². The molecule has 1 atom stereocenters. The van der Waals surface area contributed by atoms with Crippen LogP contribution in [0.4, 0.5) is 19.1 Å². The molecule has 0 amide bonds. The van der Waals surface area contributed by atoms with E-state index in [4.69, 9.17) is 0 Å². The molecule has 0 N–H and O–H groups in total. The van der Waals surface area contributed by atoms with Gasteiger partial charge in [-0.2, -0.15) is 13.2 Å². The molecular weight excluding hydrogens is 319 g/mol. The molecule has 1 unspecified atom stereocenters. The number of piperazine rings is 1. The van der Waals surface area contributed by atoms with Gasteiger partial charge in [-0.15, -0.1) is 0 Å². The zero-order valence-corrected chi connectivity index (χ0v) is 14.2. The quantitative estimate of drug-likeness (QED) is 0.837. The van der Waals surface area contributed by atoms with E-state index in [0.29, 0.717) is 24.7 Å². The Morgan fingerprint density at radius 1 is 1.12 bits per heavy atom. The molecule has 0 radical (unpaired) electrons. The SMILES string of the molecule is Cc1cc(C(F)(F)F)nc(N2CCN(CC3CCN(C)C3)CC2)n1. The van der Waals surface area contributed by atoms with Gasteiger partial charge in [0.1, 0.15) is 5.69 Å². The first-order chi connectivity index (χ1) is 11.3. The topological polar surface area (TPSA) is 35.5 Å². The van der Waals surface area contributed by atoms with Crippen molar-refractivity contribution in [2.75, 3.05) is 57.8 Å². The molecule has 1 aromatic rings. The van der Waals surface area contributed by atoms with Crippen LogP contribution in [0.25, 0.3) is 0 Å². The monoisotopic (exact) mass is 343 g/mol. The normalized spacial score (nSPS) is 23.9. The first-order valence-electron chi connectivity index (χ1n) is 8.40. The van der Waals surface area contributed by atoms with Crippen LogP contribution < -0.4 is 4.90 Å². The molecule has 0 spiro atoms. The van der Waals surface area contributed by atoms with Crippen LogP contribution in [0.2, 0.25) is 0 Å². The van der Waals surface area contributed by atoms with Crippen LogP contribution in [0.5, 0.6) is 0 Å². The molecule has 0 bridgehead atoms. The zero-order valence-electron chi connectivity index (χ0n) is 14.2. The minimum Gasteiger partial charge on any atom is -0.338 e. The number of halogens is 3. The summed E-state index contributed by atoms with van der Waals surface area (Å²) in [4.78, 5) is 14.5. The molecule has 8 heteroatoms. The van der Waals surface area contributed by atoms with Gasteiger partial charge < -0.3 is 9.80 Å². The van der Waals surface area contributed by atoms with Gasteiger partial charge in [0.15, 0.2) is 0 Å². The number of nitrogens with zero attached hydrogens (tertiary/aromatic N) is 5. The maximum absolute atomic E-state index is 12.9. The average Bonchev–Trinajstić information content (AvgIpc) is 2.91. The molecule has 0 saturated carbocycles. The van der Waals surface area contributed by atoms with Gasteiger partial charge in [-0.25, -0.2) is 9.97 Å². The van der Waals surface area contributed by atoms with Crippen molar-refractivity contribution in [1.82, 2.24) is 19.8 Å². The highest BCUT2D eigenvalue weighted by Crippen LogP contribution is 2.29. The smallest absolute Gasteiger partial charge is 0.338 e. The first-order valence-corrected chi connectivity index (χ1v) is 8.40. The van der Waals surface area contributed by atoms with Gasteiger partial charge in [0.05, 0.1) is 0 Å². The molecule has 3 heterocycles.